The summed E-state index contributed by atoms with van der Waals surface area (Å²) in [7, 11) is 2.84. The van der Waals surface area contributed by atoms with E-state index in [1.807, 2.05) is 0 Å². The lowest BCUT2D eigenvalue weighted by Crippen LogP contribution is -2.34. The Labute approximate surface area is 98.4 Å². The summed E-state index contributed by atoms with van der Waals surface area (Å²) in [5, 5.41) is 8.51. The molecular weight excluding hydrogens is 226 g/mol. The molecular formula is C11H13NO5. The molecule has 0 unspecified atom stereocenters. The van der Waals surface area contributed by atoms with E-state index in [4.69, 9.17) is 14.6 Å². The van der Waals surface area contributed by atoms with Gasteiger partial charge in [-0.05, 0) is 12.1 Å². The molecule has 17 heavy (non-hydrogen) atoms. The maximum atomic E-state index is 11.4. The highest BCUT2D eigenvalue weighted by atomic mass is 16.6. The predicted molar refractivity (Wildman–Crippen MR) is 59.3 cm³/mol. The molecule has 0 bridgehead atoms. The van der Waals surface area contributed by atoms with Crippen LogP contribution in [0, 0.1) is 0 Å². The van der Waals surface area contributed by atoms with Crippen molar-refractivity contribution in [1.82, 2.24) is 4.90 Å². The summed E-state index contributed by atoms with van der Waals surface area (Å²) in [5.41, 5.74) is 0. The first-order chi connectivity index (χ1) is 8.02. The number of likely N-dealkylation sites (N-methyl/N-ethyl adjacent to an activating group) is 1. The van der Waals surface area contributed by atoms with Gasteiger partial charge in [-0.1, -0.05) is 6.07 Å². The van der Waals surface area contributed by atoms with Crippen LogP contribution in [0.3, 0.4) is 0 Å². The number of rotatable bonds is 4. The number of carbonyl (C=O) groups excluding carboxylic acids is 1. The van der Waals surface area contributed by atoms with Crippen LogP contribution in [-0.2, 0) is 4.79 Å². The van der Waals surface area contributed by atoms with Gasteiger partial charge < -0.3 is 14.6 Å². The molecule has 1 amide bonds. The summed E-state index contributed by atoms with van der Waals surface area (Å²) in [4.78, 5) is 22.8. The Morgan fingerprint density at radius 2 is 2.00 bits per heavy atom. The van der Waals surface area contributed by atoms with Gasteiger partial charge in [0.1, 0.15) is 18.0 Å². The Kier molecular flexibility index (Phi) is 4.33. The number of nitrogens with zero attached hydrogens (tertiary/aromatic N) is 1. The van der Waals surface area contributed by atoms with Crippen LogP contribution in [0.25, 0.3) is 0 Å². The minimum absolute atomic E-state index is 0.298. The van der Waals surface area contributed by atoms with Crippen molar-refractivity contribution in [3.05, 3.63) is 24.3 Å². The Balaban J connectivity index is 2.64. The third-order valence-corrected chi connectivity index (χ3v) is 1.93. The van der Waals surface area contributed by atoms with E-state index in [1.54, 1.807) is 18.2 Å². The number of hydrogen-bond donors (Lipinski definition) is 1. The van der Waals surface area contributed by atoms with Crippen molar-refractivity contribution in [3.63, 3.8) is 0 Å². The third-order valence-electron chi connectivity index (χ3n) is 1.93. The summed E-state index contributed by atoms with van der Waals surface area (Å²) in [6, 6.07) is 6.48. The zero-order valence-electron chi connectivity index (χ0n) is 9.54. The summed E-state index contributed by atoms with van der Waals surface area (Å²) in [6.07, 6.45) is -0.736. The number of ether oxygens (including phenoxy) is 2. The van der Waals surface area contributed by atoms with E-state index in [-0.39, 0.29) is 0 Å². The molecule has 0 aliphatic heterocycles. The van der Waals surface area contributed by atoms with Crippen molar-refractivity contribution >= 4 is 12.1 Å². The first-order valence-electron chi connectivity index (χ1n) is 4.81. The van der Waals surface area contributed by atoms with E-state index < -0.39 is 18.6 Å². The monoisotopic (exact) mass is 239 g/mol. The zero-order chi connectivity index (χ0) is 12.8. The Morgan fingerprint density at radius 3 is 2.59 bits per heavy atom. The number of amides is 1. The summed E-state index contributed by atoms with van der Waals surface area (Å²) < 4.78 is 9.93. The van der Waals surface area contributed by atoms with E-state index >= 15 is 0 Å². The number of methoxy groups -OCH3 is 1. The molecule has 1 aromatic rings. The molecule has 0 atom stereocenters. The van der Waals surface area contributed by atoms with Gasteiger partial charge in [-0.15, -0.1) is 0 Å². The van der Waals surface area contributed by atoms with E-state index in [1.165, 1.54) is 20.2 Å². The number of aliphatic carboxylic acids is 1. The average Bonchev–Trinajstić information content (AvgIpc) is 2.28. The van der Waals surface area contributed by atoms with Gasteiger partial charge in [0.2, 0.25) is 0 Å². The molecule has 0 saturated heterocycles. The van der Waals surface area contributed by atoms with Gasteiger partial charge in [0.05, 0.1) is 7.11 Å². The van der Waals surface area contributed by atoms with E-state index in [0.717, 1.165) is 4.90 Å². The fraction of sp³-hybridized carbons (Fsp3) is 0.273. The van der Waals surface area contributed by atoms with Gasteiger partial charge in [0.25, 0.3) is 0 Å². The van der Waals surface area contributed by atoms with Gasteiger partial charge >= 0.3 is 12.1 Å². The van der Waals surface area contributed by atoms with E-state index in [2.05, 4.69) is 0 Å². The molecule has 6 heteroatoms. The van der Waals surface area contributed by atoms with Crippen LogP contribution >= 0.6 is 0 Å². The quantitative estimate of drug-likeness (QED) is 0.854. The molecule has 0 aliphatic rings. The van der Waals surface area contributed by atoms with Crippen molar-refractivity contribution in [2.75, 3.05) is 20.7 Å². The summed E-state index contributed by atoms with van der Waals surface area (Å²) in [5.74, 6) is -0.252. The van der Waals surface area contributed by atoms with Crippen LogP contribution in [0.4, 0.5) is 4.79 Å². The number of carboxylic acid groups (broad SMARTS) is 1. The fourth-order valence-electron chi connectivity index (χ4n) is 1.11. The molecule has 1 N–H and O–H groups in total. The molecule has 0 heterocycles. The second-order valence-electron chi connectivity index (χ2n) is 3.30. The topological polar surface area (TPSA) is 76.1 Å². The van der Waals surface area contributed by atoms with E-state index in [9.17, 15) is 9.59 Å². The third kappa shape index (κ3) is 4.02. The van der Waals surface area contributed by atoms with Crippen molar-refractivity contribution in [3.8, 4) is 11.5 Å². The van der Waals surface area contributed by atoms with Crippen LogP contribution < -0.4 is 9.47 Å². The van der Waals surface area contributed by atoms with Crippen LogP contribution in [0.5, 0.6) is 11.5 Å². The maximum absolute atomic E-state index is 11.4. The molecule has 0 spiro atoms. The Bertz CT molecular complexity index is 418. The predicted octanol–water partition coefficient (Wildman–Crippen LogP) is 1.21. The van der Waals surface area contributed by atoms with Crippen molar-refractivity contribution in [2.45, 2.75) is 0 Å². The molecule has 0 aliphatic carbocycles. The van der Waals surface area contributed by atoms with Gasteiger partial charge in [0.15, 0.2) is 0 Å². The molecule has 1 aromatic carbocycles. The van der Waals surface area contributed by atoms with Gasteiger partial charge in [-0.3, -0.25) is 9.69 Å². The number of carbonyl (C=O) groups is 2. The SMILES string of the molecule is COc1cccc(OC(=O)N(C)CC(=O)O)c1. The lowest BCUT2D eigenvalue weighted by molar-refractivity contribution is -0.137. The van der Waals surface area contributed by atoms with Crippen LogP contribution in [0.15, 0.2) is 24.3 Å². The van der Waals surface area contributed by atoms with Crippen molar-refractivity contribution in [2.24, 2.45) is 0 Å². The zero-order valence-corrected chi connectivity index (χ0v) is 9.54. The van der Waals surface area contributed by atoms with Crippen molar-refractivity contribution in [1.29, 1.82) is 0 Å². The highest BCUT2D eigenvalue weighted by molar-refractivity contribution is 5.77. The van der Waals surface area contributed by atoms with Crippen molar-refractivity contribution < 1.29 is 24.2 Å². The first kappa shape index (κ1) is 12.8. The van der Waals surface area contributed by atoms with Gasteiger partial charge in [0, 0.05) is 13.1 Å². The Hall–Kier alpha value is -2.24. The second kappa shape index (κ2) is 5.74. The number of benzene rings is 1. The van der Waals surface area contributed by atoms with Crippen LogP contribution in [0.2, 0.25) is 0 Å². The van der Waals surface area contributed by atoms with Gasteiger partial charge in [-0.25, -0.2) is 4.79 Å². The highest BCUT2D eigenvalue weighted by Crippen LogP contribution is 2.19. The smallest absolute Gasteiger partial charge is 0.415 e. The van der Waals surface area contributed by atoms with Gasteiger partial charge in [-0.2, -0.15) is 0 Å². The average molecular weight is 239 g/mol. The highest BCUT2D eigenvalue weighted by Gasteiger charge is 2.14. The first-order valence-corrected chi connectivity index (χ1v) is 4.81. The lowest BCUT2D eigenvalue weighted by atomic mass is 10.3. The molecule has 6 nitrogen and oxygen atoms in total. The van der Waals surface area contributed by atoms with Crippen LogP contribution in [0.1, 0.15) is 0 Å². The second-order valence-corrected chi connectivity index (χ2v) is 3.30. The lowest BCUT2D eigenvalue weighted by Gasteiger charge is -2.14. The largest absolute Gasteiger partial charge is 0.497 e. The maximum Gasteiger partial charge on any atom is 0.415 e. The summed E-state index contributed by atoms with van der Waals surface area (Å²) in [6.45, 7) is -0.414. The minimum atomic E-state index is -1.10. The molecule has 0 saturated carbocycles. The Morgan fingerprint density at radius 1 is 1.35 bits per heavy atom. The van der Waals surface area contributed by atoms with E-state index in [0.29, 0.717) is 11.5 Å². The standard InChI is InChI=1S/C11H13NO5/c1-12(7-10(13)14)11(15)17-9-5-3-4-8(6-9)16-2/h3-6H,7H2,1-2H3,(H,13,14). The molecule has 0 aromatic heterocycles. The normalized spacial score (nSPS) is 9.53. The molecule has 92 valence electrons. The molecule has 0 radical (unpaired) electrons. The molecule has 0 fully saturated rings. The molecule has 1 rings (SSSR count). The fourth-order valence-corrected chi connectivity index (χ4v) is 1.11. The number of hydrogen-bond acceptors (Lipinski definition) is 4. The summed E-state index contributed by atoms with van der Waals surface area (Å²) >= 11 is 0. The van der Waals surface area contributed by atoms with Crippen LogP contribution in [-0.4, -0.2) is 42.8 Å². The number of carboxylic acids is 1. The minimum Gasteiger partial charge on any atom is -0.497 e.